The smallest absolute Gasteiger partial charge is 0.338 e. The molecule has 2 rings (SSSR count). The predicted molar refractivity (Wildman–Crippen MR) is 87.1 cm³/mol. The monoisotopic (exact) mass is 329 g/mol. The molecule has 1 N–H and O–H groups in total. The van der Waals surface area contributed by atoms with E-state index in [0.717, 1.165) is 0 Å². The molecule has 0 aliphatic carbocycles. The molecule has 126 valence electrons. The van der Waals surface area contributed by atoms with Gasteiger partial charge in [0.05, 0.1) is 25.4 Å². The fourth-order valence-corrected chi connectivity index (χ4v) is 2.13. The Labute approximate surface area is 140 Å². The Hall–Kier alpha value is -2.85. The van der Waals surface area contributed by atoms with Crippen LogP contribution in [0.2, 0.25) is 0 Å². The molecule has 1 aromatic carbocycles. The quantitative estimate of drug-likeness (QED) is 0.500. The van der Waals surface area contributed by atoms with Crippen LogP contribution in [0.3, 0.4) is 0 Å². The van der Waals surface area contributed by atoms with Crippen molar-refractivity contribution in [1.82, 2.24) is 4.90 Å². The molecule has 1 heterocycles. The third kappa shape index (κ3) is 4.83. The molecule has 0 spiro atoms. The Kier molecular flexibility index (Phi) is 6.34. The van der Waals surface area contributed by atoms with E-state index in [-0.39, 0.29) is 5.57 Å². The summed E-state index contributed by atoms with van der Waals surface area (Å²) in [6, 6.07) is 8.21. The second kappa shape index (κ2) is 8.70. The van der Waals surface area contributed by atoms with E-state index in [0.29, 0.717) is 44.2 Å². The highest BCUT2D eigenvalue weighted by Crippen LogP contribution is 2.12. The number of anilines is 1. The van der Waals surface area contributed by atoms with E-state index >= 15 is 0 Å². The molecule has 1 aliphatic heterocycles. The molecule has 0 bridgehead atoms. The summed E-state index contributed by atoms with van der Waals surface area (Å²) in [6.45, 7) is 4.48. The van der Waals surface area contributed by atoms with Crippen LogP contribution in [-0.4, -0.2) is 49.7 Å². The first kappa shape index (κ1) is 17.5. The first-order valence-electron chi connectivity index (χ1n) is 7.66. The number of rotatable bonds is 5. The SMILES string of the molecule is CCOC(=O)c1ccc(NC(=O)/C(C#N)=C\N2CCOCC2)cc1. The number of nitriles is 1. The van der Waals surface area contributed by atoms with Gasteiger partial charge in [-0.3, -0.25) is 4.79 Å². The third-order valence-corrected chi connectivity index (χ3v) is 3.38. The molecule has 1 aliphatic rings. The molecule has 0 aromatic heterocycles. The number of amides is 1. The van der Waals surface area contributed by atoms with Crippen LogP contribution in [0.15, 0.2) is 36.0 Å². The second-order valence-electron chi connectivity index (χ2n) is 5.05. The lowest BCUT2D eigenvalue weighted by atomic mass is 10.2. The summed E-state index contributed by atoms with van der Waals surface area (Å²) in [4.78, 5) is 25.6. The largest absolute Gasteiger partial charge is 0.462 e. The van der Waals surface area contributed by atoms with E-state index in [1.807, 2.05) is 11.0 Å². The Bertz CT molecular complexity index is 655. The van der Waals surface area contributed by atoms with Gasteiger partial charge in [-0.05, 0) is 31.2 Å². The van der Waals surface area contributed by atoms with Gasteiger partial charge >= 0.3 is 5.97 Å². The number of carbonyl (C=O) groups is 2. The van der Waals surface area contributed by atoms with E-state index in [1.54, 1.807) is 37.4 Å². The molecule has 0 radical (unpaired) electrons. The topological polar surface area (TPSA) is 91.7 Å². The zero-order valence-corrected chi connectivity index (χ0v) is 13.4. The minimum absolute atomic E-state index is 0.0198. The highest BCUT2D eigenvalue weighted by atomic mass is 16.5. The van der Waals surface area contributed by atoms with Gasteiger partial charge in [0.2, 0.25) is 0 Å². The number of ether oxygens (including phenoxy) is 2. The number of nitrogens with one attached hydrogen (secondary N) is 1. The summed E-state index contributed by atoms with van der Waals surface area (Å²) in [6.07, 6.45) is 1.55. The molecule has 1 saturated heterocycles. The highest BCUT2D eigenvalue weighted by molar-refractivity contribution is 6.06. The average molecular weight is 329 g/mol. The van der Waals surface area contributed by atoms with Crippen LogP contribution >= 0.6 is 0 Å². The fourth-order valence-electron chi connectivity index (χ4n) is 2.13. The Morgan fingerprint density at radius 2 is 2.00 bits per heavy atom. The summed E-state index contributed by atoms with van der Waals surface area (Å²) < 4.78 is 10.1. The molecule has 1 fully saturated rings. The summed E-state index contributed by atoms with van der Waals surface area (Å²) >= 11 is 0. The van der Waals surface area contributed by atoms with Crippen molar-refractivity contribution in [2.24, 2.45) is 0 Å². The van der Waals surface area contributed by atoms with Crippen molar-refractivity contribution < 1.29 is 19.1 Å². The molecular formula is C17H19N3O4. The van der Waals surface area contributed by atoms with Gasteiger partial charge in [-0.25, -0.2) is 4.79 Å². The van der Waals surface area contributed by atoms with Gasteiger partial charge in [-0.15, -0.1) is 0 Å². The number of hydrogen-bond acceptors (Lipinski definition) is 6. The molecule has 0 atom stereocenters. The summed E-state index contributed by atoms with van der Waals surface area (Å²) in [5, 5.41) is 11.8. The fraction of sp³-hybridized carbons (Fsp3) is 0.353. The van der Waals surface area contributed by atoms with Crippen LogP contribution in [0.5, 0.6) is 0 Å². The van der Waals surface area contributed by atoms with Crippen molar-refractivity contribution in [1.29, 1.82) is 5.26 Å². The van der Waals surface area contributed by atoms with Crippen LogP contribution in [0.4, 0.5) is 5.69 Å². The Morgan fingerprint density at radius 3 is 2.58 bits per heavy atom. The van der Waals surface area contributed by atoms with Crippen molar-refractivity contribution in [2.75, 3.05) is 38.2 Å². The van der Waals surface area contributed by atoms with Gasteiger partial charge in [-0.2, -0.15) is 5.26 Å². The van der Waals surface area contributed by atoms with Crippen molar-refractivity contribution in [3.63, 3.8) is 0 Å². The van der Waals surface area contributed by atoms with Crippen molar-refractivity contribution >= 4 is 17.6 Å². The number of hydrogen-bond donors (Lipinski definition) is 1. The van der Waals surface area contributed by atoms with Gasteiger partial charge < -0.3 is 19.7 Å². The summed E-state index contributed by atoms with van der Waals surface area (Å²) in [5.41, 5.74) is 0.918. The minimum Gasteiger partial charge on any atom is -0.462 e. The standard InChI is InChI=1S/C17H19N3O4/c1-2-24-17(22)13-3-5-15(6-4-13)19-16(21)14(11-18)12-20-7-9-23-10-8-20/h3-6,12H,2,7-10H2,1H3,(H,19,21)/b14-12-. The van der Waals surface area contributed by atoms with Crippen LogP contribution in [-0.2, 0) is 14.3 Å². The van der Waals surface area contributed by atoms with Gasteiger partial charge in [0.1, 0.15) is 11.6 Å². The van der Waals surface area contributed by atoms with Gasteiger partial charge in [-0.1, -0.05) is 0 Å². The number of carbonyl (C=O) groups excluding carboxylic acids is 2. The Morgan fingerprint density at radius 1 is 1.33 bits per heavy atom. The van der Waals surface area contributed by atoms with Crippen molar-refractivity contribution in [2.45, 2.75) is 6.92 Å². The molecule has 1 aromatic rings. The maximum atomic E-state index is 12.2. The van der Waals surface area contributed by atoms with E-state index in [4.69, 9.17) is 9.47 Å². The molecular weight excluding hydrogens is 310 g/mol. The second-order valence-corrected chi connectivity index (χ2v) is 5.05. The third-order valence-electron chi connectivity index (χ3n) is 3.38. The first-order valence-corrected chi connectivity index (χ1v) is 7.66. The lowest BCUT2D eigenvalue weighted by Crippen LogP contribution is -2.33. The molecule has 7 nitrogen and oxygen atoms in total. The minimum atomic E-state index is -0.493. The van der Waals surface area contributed by atoms with Gasteiger partial charge in [0.25, 0.3) is 5.91 Å². The summed E-state index contributed by atoms with van der Waals surface area (Å²) in [5.74, 6) is -0.909. The van der Waals surface area contributed by atoms with Gasteiger partial charge in [0, 0.05) is 25.0 Å². The zero-order chi connectivity index (χ0) is 17.4. The van der Waals surface area contributed by atoms with E-state index < -0.39 is 11.9 Å². The van der Waals surface area contributed by atoms with Crippen LogP contribution in [0.1, 0.15) is 17.3 Å². The van der Waals surface area contributed by atoms with E-state index in [1.165, 1.54) is 0 Å². The van der Waals surface area contributed by atoms with Gasteiger partial charge in [0.15, 0.2) is 0 Å². The van der Waals surface area contributed by atoms with Crippen molar-refractivity contribution in [3.05, 3.63) is 41.6 Å². The average Bonchev–Trinajstić information content (AvgIpc) is 2.61. The predicted octanol–water partition coefficient (Wildman–Crippen LogP) is 1.54. The maximum Gasteiger partial charge on any atom is 0.338 e. The van der Waals surface area contributed by atoms with Crippen LogP contribution in [0, 0.1) is 11.3 Å². The van der Waals surface area contributed by atoms with Crippen LogP contribution < -0.4 is 5.32 Å². The molecule has 7 heteroatoms. The number of esters is 1. The van der Waals surface area contributed by atoms with Crippen molar-refractivity contribution in [3.8, 4) is 6.07 Å². The number of nitrogens with zero attached hydrogens (tertiary/aromatic N) is 2. The first-order chi connectivity index (χ1) is 11.6. The molecule has 1 amide bonds. The lowest BCUT2D eigenvalue weighted by Gasteiger charge is -2.25. The number of morpholine rings is 1. The molecule has 0 saturated carbocycles. The lowest BCUT2D eigenvalue weighted by molar-refractivity contribution is -0.112. The van der Waals surface area contributed by atoms with E-state index in [9.17, 15) is 14.9 Å². The molecule has 24 heavy (non-hydrogen) atoms. The molecule has 0 unspecified atom stereocenters. The van der Waals surface area contributed by atoms with E-state index in [2.05, 4.69) is 5.32 Å². The summed E-state index contributed by atoms with van der Waals surface area (Å²) in [7, 11) is 0. The Balaban J connectivity index is 2.01. The normalized spacial score (nSPS) is 14.7. The highest BCUT2D eigenvalue weighted by Gasteiger charge is 2.14. The maximum absolute atomic E-state index is 12.2. The van der Waals surface area contributed by atoms with Crippen LogP contribution in [0.25, 0.3) is 0 Å². The zero-order valence-electron chi connectivity index (χ0n) is 13.4. The number of benzene rings is 1.